The summed E-state index contributed by atoms with van der Waals surface area (Å²) in [5, 5.41) is 0. The summed E-state index contributed by atoms with van der Waals surface area (Å²) in [7, 11) is 0. The first kappa shape index (κ1) is 11.1. The van der Waals surface area contributed by atoms with Gasteiger partial charge in [0.1, 0.15) is 0 Å². The van der Waals surface area contributed by atoms with Crippen LogP contribution in [0.25, 0.3) is 0 Å². The summed E-state index contributed by atoms with van der Waals surface area (Å²) >= 11 is 0. The Morgan fingerprint density at radius 1 is 1.25 bits per heavy atom. The van der Waals surface area contributed by atoms with E-state index in [1.807, 2.05) is 0 Å². The normalized spacial score (nSPS) is 12.8. The summed E-state index contributed by atoms with van der Waals surface area (Å²) in [4.78, 5) is 9.89. The van der Waals surface area contributed by atoms with Crippen molar-refractivity contribution in [2.24, 2.45) is 0 Å². The molecule has 0 aliphatic heterocycles. The van der Waals surface area contributed by atoms with Gasteiger partial charge in [-0.2, -0.15) is 22.0 Å². The number of carbonyl (C=O) groups is 1. The average molecular weight is 192 g/mol. The molecule has 7 heteroatoms. The molecule has 12 heavy (non-hydrogen) atoms. The van der Waals surface area contributed by atoms with Crippen molar-refractivity contribution in [2.45, 2.75) is 19.0 Å². The molecule has 0 spiro atoms. The second-order valence-corrected chi connectivity index (χ2v) is 1.98. The zero-order valence-electron chi connectivity index (χ0n) is 5.91. The summed E-state index contributed by atoms with van der Waals surface area (Å²) in [6.07, 6.45) is -5.68. The monoisotopic (exact) mass is 192 g/mol. The van der Waals surface area contributed by atoms with Crippen molar-refractivity contribution < 1.29 is 31.5 Å². The van der Waals surface area contributed by atoms with E-state index < -0.39 is 24.7 Å². The Morgan fingerprint density at radius 2 is 1.67 bits per heavy atom. The van der Waals surface area contributed by atoms with Crippen LogP contribution in [0, 0.1) is 0 Å². The molecule has 72 valence electrons. The second kappa shape index (κ2) is 3.24. The van der Waals surface area contributed by atoms with Crippen LogP contribution in [-0.2, 0) is 9.53 Å². The van der Waals surface area contributed by atoms with Gasteiger partial charge in [0, 0.05) is 6.92 Å². The summed E-state index contributed by atoms with van der Waals surface area (Å²) in [5.41, 5.74) is 0. The number of ether oxygens (including phenoxy) is 1. The lowest BCUT2D eigenvalue weighted by atomic mass is 10.3. The van der Waals surface area contributed by atoms with Crippen LogP contribution in [0.4, 0.5) is 22.0 Å². The minimum absolute atomic E-state index is 0.743. The zero-order valence-corrected chi connectivity index (χ0v) is 5.91. The molecule has 0 bridgehead atoms. The minimum atomic E-state index is -5.68. The summed E-state index contributed by atoms with van der Waals surface area (Å²) < 4.78 is 61.3. The van der Waals surface area contributed by atoms with Crippen molar-refractivity contribution in [3.8, 4) is 0 Å². The molecule has 0 aromatic carbocycles. The van der Waals surface area contributed by atoms with Gasteiger partial charge in [0.2, 0.25) is 0 Å². The molecule has 0 aliphatic carbocycles. The Kier molecular flexibility index (Phi) is 3.00. The van der Waals surface area contributed by atoms with Crippen LogP contribution >= 0.6 is 0 Å². The first-order chi connectivity index (χ1) is 5.17. The third kappa shape index (κ3) is 3.02. The van der Waals surface area contributed by atoms with Crippen molar-refractivity contribution in [3.05, 3.63) is 0 Å². The number of hydrogen-bond donors (Lipinski definition) is 0. The predicted molar refractivity (Wildman–Crippen MR) is 27.6 cm³/mol. The Balaban J connectivity index is 4.14. The lowest BCUT2D eigenvalue weighted by Gasteiger charge is -2.18. The van der Waals surface area contributed by atoms with Crippen LogP contribution in [0.15, 0.2) is 0 Å². The molecular formula is C5H5F5O2. The van der Waals surface area contributed by atoms with Crippen molar-refractivity contribution in [2.75, 3.05) is 6.61 Å². The minimum Gasteiger partial charge on any atom is -0.459 e. The van der Waals surface area contributed by atoms with E-state index in [0.717, 1.165) is 6.92 Å². The maximum absolute atomic E-state index is 11.9. The highest BCUT2D eigenvalue weighted by molar-refractivity contribution is 5.65. The van der Waals surface area contributed by atoms with Gasteiger partial charge >= 0.3 is 18.1 Å². The van der Waals surface area contributed by atoms with Gasteiger partial charge in [-0.25, -0.2) is 0 Å². The molecule has 0 heterocycles. The van der Waals surface area contributed by atoms with Crippen LogP contribution in [0.2, 0.25) is 0 Å². The molecule has 0 radical (unpaired) electrons. The quantitative estimate of drug-likeness (QED) is 0.492. The fourth-order valence-electron chi connectivity index (χ4n) is 0.274. The predicted octanol–water partition coefficient (Wildman–Crippen LogP) is 1.75. The third-order valence-corrected chi connectivity index (χ3v) is 0.871. The molecule has 0 saturated carbocycles. The molecule has 0 amide bonds. The summed E-state index contributed by atoms with van der Waals surface area (Å²) in [6.45, 7) is -1.22. The molecule has 2 nitrogen and oxygen atoms in total. The smallest absolute Gasteiger partial charge is 0.456 e. The molecule has 0 fully saturated rings. The van der Waals surface area contributed by atoms with Crippen LogP contribution in [0.5, 0.6) is 0 Å². The van der Waals surface area contributed by atoms with Gasteiger partial charge < -0.3 is 4.74 Å². The van der Waals surface area contributed by atoms with E-state index in [9.17, 15) is 26.7 Å². The molecule has 0 atom stereocenters. The highest BCUT2D eigenvalue weighted by Gasteiger charge is 2.58. The van der Waals surface area contributed by atoms with Crippen LogP contribution in [0.1, 0.15) is 6.92 Å². The average Bonchev–Trinajstić information content (AvgIpc) is 1.81. The Hall–Kier alpha value is -0.880. The van der Waals surface area contributed by atoms with Gasteiger partial charge in [0.05, 0.1) is 0 Å². The van der Waals surface area contributed by atoms with Gasteiger partial charge in [-0.15, -0.1) is 0 Å². The SMILES string of the molecule is CC(=O)OCC(F)(F)C(F)(F)F. The number of esters is 1. The molecular weight excluding hydrogens is 187 g/mol. The van der Waals surface area contributed by atoms with Crippen molar-refractivity contribution in [3.63, 3.8) is 0 Å². The van der Waals surface area contributed by atoms with Crippen molar-refractivity contribution in [1.82, 2.24) is 0 Å². The number of halogens is 5. The molecule has 0 unspecified atom stereocenters. The number of rotatable bonds is 2. The first-order valence-electron chi connectivity index (χ1n) is 2.75. The Labute approximate surface area is 64.3 Å². The van der Waals surface area contributed by atoms with Crippen LogP contribution in [0.3, 0.4) is 0 Å². The zero-order chi connectivity index (χ0) is 9.99. The fourth-order valence-corrected chi connectivity index (χ4v) is 0.274. The topological polar surface area (TPSA) is 26.3 Å². The highest BCUT2D eigenvalue weighted by Crippen LogP contribution is 2.35. The van der Waals surface area contributed by atoms with Gasteiger partial charge in [0.15, 0.2) is 6.61 Å². The van der Waals surface area contributed by atoms with Crippen LogP contribution < -0.4 is 0 Å². The van der Waals surface area contributed by atoms with E-state index in [1.165, 1.54) is 0 Å². The first-order valence-corrected chi connectivity index (χ1v) is 2.75. The molecule has 0 aliphatic rings. The van der Waals surface area contributed by atoms with E-state index in [4.69, 9.17) is 0 Å². The largest absolute Gasteiger partial charge is 0.459 e. The molecule has 0 saturated heterocycles. The van der Waals surface area contributed by atoms with E-state index in [-0.39, 0.29) is 0 Å². The van der Waals surface area contributed by atoms with Crippen LogP contribution in [-0.4, -0.2) is 24.7 Å². The molecule has 0 aromatic rings. The third-order valence-electron chi connectivity index (χ3n) is 0.871. The lowest BCUT2D eigenvalue weighted by molar-refractivity contribution is -0.293. The Bertz CT molecular complexity index is 173. The molecule has 0 N–H and O–H groups in total. The maximum atomic E-state index is 11.9. The van der Waals surface area contributed by atoms with Gasteiger partial charge in [-0.05, 0) is 0 Å². The van der Waals surface area contributed by atoms with E-state index >= 15 is 0 Å². The highest BCUT2D eigenvalue weighted by atomic mass is 19.4. The summed E-state index contributed by atoms with van der Waals surface area (Å²) in [5.74, 6) is -6.16. The van der Waals surface area contributed by atoms with Gasteiger partial charge in [0.25, 0.3) is 0 Å². The standard InChI is InChI=1S/C5H5F5O2/c1-3(11)12-2-4(6,7)5(8,9)10/h2H2,1H3. The van der Waals surface area contributed by atoms with E-state index in [2.05, 4.69) is 4.74 Å². The lowest BCUT2D eigenvalue weighted by Crippen LogP contribution is -2.41. The summed E-state index contributed by atoms with van der Waals surface area (Å²) in [6, 6.07) is 0. The van der Waals surface area contributed by atoms with Gasteiger partial charge in [-0.3, -0.25) is 4.79 Å². The van der Waals surface area contributed by atoms with Crippen molar-refractivity contribution >= 4 is 5.97 Å². The number of alkyl halides is 5. The van der Waals surface area contributed by atoms with E-state index in [1.54, 1.807) is 0 Å². The second-order valence-electron chi connectivity index (χ2n) is 1.98. The number of hydrogen-bond acceptors (Lipinski definition) is 2. The Morgan fingerprint density at radius 3 is 1.92 bits per heavy atom. The fraction of sp³-hybridized carbons (Fsp3) is 0.800. The number of carbonyl (C=O) groups excluding carboxylic acids is 1. The van der Waals surface area contributed by atoms with E-state index in [0.29, 0.717) is 0 Å². The molecule has 0 rings (SSSR count). The van der Waals surface area contributed by atoms with Crippen molar-refractivity contribution in [1.29, 1.82) is 0 Å². The van der Waals surface area contributed by atoms with Gasteiger partial charge in [-0.1, -0.05) is 0 Å². The molecule has 0 aromatic heterocycles. The maximum Gasteiger partial charge on any atom is 0.456 e.